The first kappa shape index (κ1) is 38.7. The zero-order valence-electron chi connectivity index (χ0n) is 31.9. The molecule has 4 aliphatic rings. The number of aromatic nitrogens is 5. The van der Waals surface area contributed by atoms with E-state index in [-0.39, 0.29) is 36.6 Å². The maximum atomic E-state index is 6.72. The Labute approximate surface area is 317 Å². The predicted octanol–water partition coefficient (Wildman–Crippen LogP) is 2.17. The van der Waals surface area contributed by atoms with Gasteiger partial charge >= 0.3 is 0 Å². The van der Waals surface area contributed by atoms with Crippen LogP contribution in [0.1, 0.15) is 57.6 Å². The molecule has 3 aromatic rings. The van der Waals surface area contributed by atoms with E-state index in [0.717, 1.165) is 36.5 Å². The van der Waals surface area contributed by atoms with E-state index in [1.165, 1.54) is 0 Å². The molecular weight excluding hydrogens is 692 g/mol. The zero-order chi connectivity index (χ0) is 37.7. The molecule has 5 unspecified atom stereocenters. The lowest BCUT2D eigenvalue weighted by atomic mass is 10.0. The number of hydrogen-bond donors (Lipinski definition) is 2. The monoisotopic (exact) mass is 748 g/mol. The highest BCUT2D eigenvalue weighted by molar-refractivity contribution is 5.07. The Hall–Kier alpha value is -3.58. The molecule has 294 valence electrons. The third-order valence-corrected chi connectivity index (χ3v) is 10.1. The Balaban J connectivity index is 1.03. The number of nitrogens with two attached hydrogens (primary N) is 2. The highest BCUT2D eigenvalue weighted by Gasteiger charge is 2.49. The second-order valence-electron chi connectivity index (χ2n) is 15.6. The van der Waals surface area contributed by atoms with Crippen LogP contribution in [0.2, 0.25) is 0 Å². The van der Waals surface area contributed by atoms with Crippen molar-refractivity contribution in [3.8, 4) is 0 Å². The van der Waals surface area contributed by atoms with Crippen LogP contribution in [0, 0.1) is 0 Å². The molecule has 3 aromatic heterocycles. The minimum absolute atomic E-state index is 0.00574. The maximum absolute atomic E-state index is 6.72. The lowest BCUT2D eigenvalue weighted by molar-refractivity contribution is -0.155. The maximum Gasteiger partial charge on any atom is 0.163 e. The van der Waals surface area contributed by atoms with Crippen LogP contribution in [-0.2, 0) is 54.6 Å². The molecule has 0 bridgehead atoms. The first-order valence-electron chi connectivity index (χ1n) is 19.0. The Morgan fingerprint density at radius 3 is 1.98 bits per heavy atom. The van der Waals surface area contributed by atoms with Crippen molar-refractivity contribution in [2.45, 2.75) is 115 Å². The topological polar surface area (TPSA) is 174 Å². The van der Waals surface area contributed by atoms with Crippen molar-refractivity contribution in [2.75, 3.05) is 39.4 Å². The quantitative estimate of drug-likeness (QED) is 0.161. The fourth-order valence-corrected chi connectivity index (χ4v) is 7.82. The van der Waals surface area contributed by atoms with Crippen molar-refractivity contribution in [2.24, 2.45) is 11.6 Å². The molecule has 7 heterocycles. The molecule has 0 radical (unpaired) electrons. The van der Waals surface area contributed by atoms with Gasteiger partial charge in [-0.15, -0.1) is 5.10 Å². The molecule has 16 heteroatoms. The van der Waals surface area contributed by atoms with Crippen LogP contribution in [0.15, 0.2) is 66.9 Å². The summed E-state index contributed by atoms with van der Waals surface area (Å²) < 4.78 is 38.7. The van der Waals surface area contributed by atoms with Gasteiger partial charge < -0.3 is 39.2 Å². The minimum atomic E-state index is -0.652. The first-order chi connectivity index (χ1) is 26.0. The number of rotatable bonds is 16. The number of nitrogens with zero attached hydrogens (tertiary/aromatic N) is 8. The smallest absolute Gasteiger partial charge is 0.163 e. The number of fused-ring (bicyclic) bond motifs is 2. The van der Waals surface area contributed by atoms with Crippen molar-refractivity contribution in [3.63, 3.8) is 0 Å². The second-order valence-corrected chi connectivity index (χ2v) is 15.6. The van der Waals surface area contributed by atoms with Crippen LogP contribution >= 0.6 is 0 Å². The number of ether oxygens (including phenoxy) is 6. The van der Waals surface area contributed by atoms with Gasteiger partial charge in [-0.1, -0.05) is 17.3 Å². The number of hydrogen-bond acceptors (Lipinski definition) is 15. The molecule has 54 heavy (non-hydrogen) atoms. The predicted molar refractivity (Wildman–Crippen MR) is 197 cm³/mol. The first-order valence-corrected chi connectivity index (χ1v) is 19.0. The van der Waals surface area contributed by atoms with Crippen molar-refractivity contribution < 1.29 is 28.4 Å². The highest BCUT2D eigenvalue weighted by atomic mass is 16.8. The van der Waals surface area contributed by atoms with E-state index in [9.17, 15) is 0 Å². The van der Waals surface area contributed by atoms with E-state index >= 15 is 0 Å². The van der Waals surface area contributed by atoms with Gasteiger partial charge in [0.25, 0.3) is 0 Å². The van der Waals surface area contributed by atoms with Gasteiger partial charge in [-0.2, -0.15) is 0 Å². The molecule has 0 aromatic carbocycles. The summed E-state index contributed by atoms with van der Waals surface area (Å²) in [7, 11) is 0. The van der Waals surface area contributed by atoms with Gasteiger partial charge in [0.05, 0.1) is 42.4 Å². The highest BCUT2D eigenvalue weighted by Crippen LogP contribution is 2.36. The average molecular weight is 749 g/mol. The molecule has 0 spiro atoms. The number of pyridine rings is 2. The number of hydrazine groups is 1. The standard InChI is InChI=1S/C38H56N10O6/c1-37(2)51-31-11-17-49-33(35(31)53-37)25-47(40)20-27(39)19-45(15-16-46(21-28-9-5-7-13-41-28)22-29-10-6-8-14-42-29)23-30-24-48(44-43-30)26-34-36-32(12-18-50-34)52-38(3,4)54-36/h5-10,13-14,20,24,31-36H,11-12,15-19,21-23,25-26,39-40H2,1-4H3/b27-20-/t31-,32?,33?,34?,35?,36?/m1/s1. The minimum Gasteiger partial charge on any atom is -0.400 e. The molecule has 0 saturated carbocycles. The van der Waals surface area contributed by atoms with E-state index in [1.54, 1.807) is 11.2 Å². The fourth-order valence-electron chi connectivity index (χ4n) is 7.82. The third-order valence-electron chi connectivity index (χ3n) is 10.1. The lowest BCUT2D eigenvalue weighted by Crippen LogP contribution is -2.49. The van der Waals surface area contributed by atoms with Crippen molar-refractivity contribution in [1.82, 2.24) is 39.8 Å². The van der Waals surface area contributed by atoms with Crippen LogP contribution < -0.4 is 11.6 Å². The van der Waals surface area contributed by atoms with Crippen molar-refractivity contribution >= 4 is 0 Å². The molecule has 4 saturated heterocycles. The molecule has 4 N–H and O–H groups in total. The summed E-state index contributed by atoms with van der Waals surface area (Å²) in [6.07, 6.45) is 8.20. The van der Waals surface area contributed by atoms with E-state index in [1.807, 2.05) is 87.4 Å². The van der Waals surface area contributed by atoms with Gasteiger partial charge in [0.2, 0.25) is 0 Å². The SMILES string of the molecule is CC1(C)OC2CCOC(Cn3cc(CN(CCN(Cc4ccccn4)Cc4ccccn4)C/C(N)=C/N(N)CC4OCC[C@H]5OC(C)(C)OC45)nn3)C2O1. The summed E-state index contributed by atoms with van der Waals surface area (Å²) in [6, 6.07) is 12.0. The van der Waals surface area contributed by atoms with Gasteiger partial charge in [0.15, 0.2) is 11.6 Å². The summed E-state index contributed by atoms with van der Waals surface area (Å²) in [6.45, 7) is 13.6. The summed E-state index contributed by atoms with van der Waals surface area (Å²) in [5, 5.41) is 10.6. The summed E-state index contributed by atoms with van der Waals surface area (Å²) in [4.78, 5) is 13.8. The largest absolute Gasteiger partial charge is 0.400 e. The van der Waals surface area contributed by atoms with Crippen LogP contribution in [0.3, 0.4) is 0 Å². The fraction of sp³-hybridized carbons (Fsp3) is 0.632. The van der Waals surface area contributed by atoms with E-state index in [2.05, 4.69) is 30.1 Å². The normalized spacial score (nSPS) is 27.6. The molecule has 0 amide bonds. The van der Waals surface area contributed by atoms with Crippen LogP contribution in [0.25, 0.3) is 0 Å². The molecule has 7 rings (SSSR count). The van der Waals surface area contributed by atoms with Crippen molar-refractivity contribution in [1.29, 1.82) is 0 Å². The van der Waals surface area contributed by atoms with E-state index in [4.69, 9.17) is 40.0 Å². The van der Waals surface area contributed by atoms with Crippen LogP contribution in [0.5, 0.6) is 0 Å². The van der Waals surface area contributed by atoms with E-state index in [0.29, 0.717) is 64.7 Å². The lowest BCUT2D eigenvalue weighted by Gasteiger charge is -2.33. The van der Waals surface area contributed by atoms with Gasteiger partial charge in [-0.05, 0) is 64.8 Å². The summed E-state index contributed by atoms with van der Waals surface area (Å²) in [5.41, 5.74) is 10.1. The molecule has 6 atom stereocenters. The van der Waals surface area contributed by atoms with Gasteiger partial charge in [0, 0.05) is 83.0 Å². The Morgan fingerprint density at radius 1 is 0.796 bits per heavy atom. The second kappa shape index (κ2) is 17.1. The molecule has 16 nitrogen and oxygen atoms in total. The van der Waals surface area contributed by atoms with E-state index < -0.39 is 11.6 Å². The van der Waals surface area contributed by atoms with Crippen LogP contribution in [-0.4, -0.2) is 127 Å². The average Bonchev–Trinajstić information content (AvgIpc) is 3.81. The summed E-state index contributed by atoms with van der Waals surface area (Å²) in [5.74, 6) is 5.24. The van der Waals surface area contributed by atoms with Crippen LogP contribution in [0.4, 0.5) is 0 Å². The van der Waals surface area contributed by atoms with Gasteiger partial charge in [0.1, 0.15) is 24.4 Å². The molecule has 0 aliphatic carbocycles. The van der Waals surface area contributed by atoms with Gasteiger partial charge in [-0.25, -0.2) is 10.5 Å². The Kier molecular flexibility index (Phi) is 12.2. The molecule has 4 fully saturated rings. The van der Waals surface area contributed by atoms with Crippen molar-refractivity contribution in [3.05, 3.63) is 84.0 Å². The zero-order valence-corrected chi connectivity index (χ0v) is 31.9. The third kappa shape index (κ3) is 10.4. The summed E-state index contributed by atoms with van der Waals surface area (Å²) >= 11 is 0. The Bertz CT molecular complexity index is 1620. The van der Waals surface area contributed by atoms with Gasteiger partial charge in [-0.3, -0.25) is 19.8 Å². The Morgan fingerprint density at radius 2 is 1.37 bits per heavy atom. The molecule has 4 aliphatic heterocycles. The molecular formula is C38H56N10O6.